The van der Waals surface area contributed by atoms with E-state index in [1.54, 1.807) is 0 Å². The first-order valence-corrected chi connectivity index (χ1v) is 20.4. The molecule has 0 aliphatic heterocycles. The van der Waals surface area contributed by atoms with Gasteiger partial charge in [-0.3, -0.25) is 4.90 Å². The number of hydrogen-bond donors (Lipinski definition) is 0. The molecular formula is C42H51Cl2FeN5. The molecule has 0 atom stereocenters. The summed E-state index contributed by atoms with van der Waals surface area (Å²) in [5.41, 5.74) is 10.1. The van der Waals surface area contributed by atoms with Crippen LogP contribution in [0.1, 0.15) is 124 Å². The zero-order chi connectivity index (χ0) is 36.5. The van der Waals surface area contributed by atoms with Crippen molar-refractivity contribution in [3.05, 3.63) is 148 Å². The normalized spacial score (nSPS) is 12.3. The molecule has 5 aromatic rings. The molecule has 0 fully saturated rings. The van der Waals surface area contributed by atoms with Crippen molar-refractivity contribution in [1.29, 1.82) is 0 Å². The van der Waals surface area contributed by atoms with Crippen molar-refractivity contribution in [1.82, 2.24) is 9.35 Å². The van der Waals surface area contributed by atoms with Crippen LogP contribution in [0.2, 0.25) is 0 Å². The number of nitrogens with zero attached hydrogens (tertiary/aromatic N) is 5. The van der Waals surface area contributed by atoms with Gasteiger partial charge < -0.3 is 0 Å². The zero-order valence-corrected chi connectivity index (χ0v) is 33.6. The molecule has 3 aromatic carbocycles. The van der Waals surface area contributed by atoms with Crippen LogP contribution in [0.4, 0.5) is 5.69 Å². The van der Waals surface area contributed by atoms with Crippen molar-refractivity contribution < 1.29 is 13.1 Å². The van der Waals surface area contributed by atoms with Gasteiger partial charge in [0.1, 0.15) is 0 Å². The first-order chi connectivity index (χ1) is 23.9. The zero-order valence-electron chi connectivity index (χ0n) is 31.0. The molecule has 0 unspecified atom stereocenters. The second kappa shape index (κ2) is 18.1. The van der Waals surface area contributed by atoms with E-state index in [9.17, 15) is 0 Å². The first kappa shape index (κ1) is 39.2. The summed E-state index contributed by atoms with van der Waals surface area (Å²) in [6.45, 7) is 22.1. The van der Waals surface area contributed by atoms with Gasteiger partial charge in [-0.05, 0) is 73.9 Å². The molecule has 0 saturated carbocycles. The van der Waals surface area contributed by atoms with Gasteiger partial charge in [0.05, 0.1) is 0 Å². The molecule has 50 heavy (non-hydrogen) atoms. The number of para-hydroxylation sites is 1. The third kappa shape index (κ3) is 9.41. The fourth-order valence-corrected chi connectivity index (χ4v) is 5.88. The summed E-state index contributed by atoms with van der Waals surface area (Å²) in [7, 11) is 9.53. The fourth-order valence-electron chi connectivity index (χ4n) is 5.88. The Morgan fingerprint density at radius 1 is 0.500 bits per heavy atom. The SMILES string of the molecule is Cc1ccc(/C(=N\n2c(C(C)C)ccc2C(C)C)N(/C(=N/n2c(C(C)C)ccc2C(C)C)c2ccc(C)cc2)c2ccccc2)cc1.[Cl][Fe][Cl]. The molecule has 0 aliphatic carbocycles. The van der Waals surface area contributed by atoms with Gasteiger partial charge in [0, 0.05) is 39.6 Å². The van der Waals surface area contributed by atoms with Crippen molar-refractivity contribution in [2.45, 2.75) is 92.9 Å². The van der Waals surface area contributed by atoms with Crippen molar-refractivity contribution in [3.63, 3.8) is 0 Å². The van der Waals surface area contributed by atoms with Crippen LogP contribution in [0.15, 0.2) is 113 Å². The van der Waals surface area contributed by atoms with Gasteiger partial charge in [0.15, 0.2) is 11.7 Å². The maximum absolute atomic E-state index is 5.62. The molecule has 266 valence electrons. The second-order valence-corrected chi connectivity index (χ2v) is 15.7. The van der Waals surface area contributed by atoms with E-state index in [1.165, 1.54) is 33.9 Å². The van der Waals surface area contributed by atoms with Crippen LogP contribution >= 0.6 is 20.2 Å². The molecule has 5 nitrogen and oxygen atoms in total. The third-order valence-corrected chi connectivity index (χ3v) is 8.64. The molecule has 0 radical (unpaired) electrons. The molecule has 8 heteroatoms. The summed E-state index contributed by atoms with van der Waals surface area (Å²) >= 11 is 0.194. The Labute approximate surface area is 314 Å². The Bertz CT molecular complexity index is 1700. The van der Waals surface area contributed by atoms with Crippen LogP contribution in [0.25, 0.3) is 0 Å². The molecule has 0 bridgehead atoms. The molecule has 2 aromatic heterocycles. The van der Waals surface area contributed by atoms with Gasteiger partial charge in [-0.2, -0.15) is 0 Å². The van der Waals surface area contributed by atoms with Crippen LogP contribution < -0.4 is 4.90 Å². The van der Waals surface area contributed by atoms with Crippen molar-refractivity contribution >= 4 is 37.6 Å². The molecule has 5 rings (SSSR count). The van der Waals surface area contributed by atoms with Crippen LogP contribution in [0.3, 0.4) is 0 Å². The Morgan fingerprint density at radius 3 is 1.08 bits per heavy atom. The number of aryl methyl sites for hydroxylation is 2. The summed E-state index contributed by atoms with van der Waals surface area (Å²) in [5.74, 6) is 2.79. The summed E-state index contributed by atoms with van der Waals surface area (Å²) in [4.78, 5) is 2.25. The average Bonchev–Trinajstić information content (AvgIpc) is 3.71. The van der Waals surface area contributed by atoms with Crippen LogP contribution in [0.5, 0.6) is 0 Å². The van der Waals surface area contributed by atoms with Crippen molar-refractivity contribution in [2.24, 2.45) is 10.2 Å². The predicted molar refractivity (Wildman–Crippen MR) is 212 cm³/mol. The summed E-state index contributed by atoms with van der Waals surface area (Å²) < 4.78 is 4.34. The third-order valence-electron chi connectivity index (χ3n) is 8.64. The first-order valence-electron chi connectivity index (χ1n) is 17.3. The molecule has 0 saturated heterocycles. The van der Waals surface area contributed by atoms with Gasteiger partial charge in [0.25, 0.3) is 0 Å². The van der Waals surface area contributed by atoms with E-state index in [0.717, 1.165) is 28.5 Å². The summed E-state index contributed by atoms with van der Waals surface area (Å²) in [5, 5.41) is 11.2. The van der Waals surface area contributed by atoms with E-state index < -0.39 is 0 Å². The minimum absolute atomic E-state index is 0.194. The van der Waals surface area contributed by atoms with Crippen molar-refractivity contribution in [2.75, 3.05) is 4.90 Å². The second-order valence-electron chi connectivity index (χ2n) is 13.9. The molecule has 0 N–H and O–H groups in total. The van der Waals surface area contributed by atoms with E-state index in [1.807, 2.05) is 0 Å². The van der Waals surface area contributed by atoms with E-state index in [-0.39, 0.29) is 13.1 Å². The van der Waals surface area contributed by atoms with Gasteiger partial charge in [-0.1, -0.05) is 133 Å². The maximum atomic E-state index is 5.62. The van der Waals surface area contributed by atoms with Crippen LogP contribution in [0, 0.1) is 13.8 Å². The van der Waals surface area contributed by atoms with E-state index >= 15 is 0 Å². The minimum atomic E-state index is 0.194. The topological polar surface area (TPSA) is 37.8 Å². The molecule has 0 aliphatic rings. The van der Waals surface area contributed by atoms with Crippen molar-refractivity contribution in [3.8, 4) is 0 Å². The Morgan fingerprint density at radius 2 is 0.800 bits per heavy atom. The van der Waals surface area contributed by atoms with Gasteiger partial charge in [0.2, 0.25) is 0 Å². The quantitative estimate of drug-likeness (QED) is 0.0839. The standard InChI is InChI=1S/C42H51N5.2ClH.Fe/c1-28(2)37-24-25-38(29(3)4)46(37)43-41(34-20-16-32(9)17-21-34)45(36-14-12-11-13-15-36)42(35-22-18-33(10)19-23-35)44-47-39(30(5)6)26-27-40(47)31(7)8;;;/h11-31H,1-10H3;2*1H;/q;;;+2/p-2/b43-41+,44-42+;;;. The molecular weight excluding hydrogens is 701 g/mol. The summed E-state index contributed by atoms with van der Waals surface area (Å²) in [6, 6.07) is 36.8. The number of halogens is 2. The Kier molecular flexibility index (Phi) is 14.2. The monoisotopic (exact) mass is 751 g/mol. The van der Waals surface area contributed by atoms with E-state index in [4.69, 9.17) is 30.4 Å². The summed E-state index contributed by atoms with van der Waals surface area (Å²) in [6.07, 6.45) is 0. The number of hydrogen-bond acceptors (Lipinski definition) is 2. The van der Waals surface area contributed by atoms with Gasteiger partial charge in [-0.25, -0.2) is 9.35 Å². The van der Waals surface area contributed by atoms with E-state index in [0.29, 0.717) is 23.7 Å². The Hall–Kier alpha value is -3.54. The molecule has 2 heterocycles. The van der Waals surface area contributed by atoms with E-state index in [2.05, 4.69) is 187 Å². The number of rotatable bonds is 9. The molecule has 0 spiro atoms. The predicted octanol–water partition coefficient (Wildman–Crippen LogP) is 12.4. The van der Waals surface area contributed by atoms with Gasteiger partial charge in [-0.15, -0.1) is 10.2 Å². The van der Waals surface area contributed by atoms with Gasteiger partial charge >= 0.3 is 33.3 Å². The number of anilines is 1. The number of benzene rings is 3. The number of aromatic nitrogens is 2. The average molecular weight is 753 g/mol. The molecule has 0 amide bonds. The van der Waals surface area contributed by atoms with Crippen LogP contribution in [-0.2, 0) is 13.1 Å². The number of amidine groups is 2. The fraction of sp³-hybridized carbons (Fsp3) is 0.333. The Balaban J connectivity index is 0.00000181. The van der Waals surface area contributed by atoms with Crippen LogP contribution in [-0.4, -0.2) is 21.0 Å².